The van der Waals surface area contributed by atoms with Crippen LogP contribution in [0.5, 0.6) is 0 Å². The summed E-state index contributed by atoms with van der Waals surface area (Å²) in [7, 11) is 1.98. The average Bonchev–Trinajstić information content (AvgIpc) is 3.02. The molecule has 0 fully saturated rings. The van der Waals surface area contributed by atoms with Gasteiger partial charge in [0.1, 0.15) is 5.01 Å². The van der Waals surface area contributed by atoms with Gasteiger partial charge >= 0.3 is 0 Å². The lowest BCUT2D eigenvalue weighted by molar-refractivity contribution is 0.476. The first-order valence-corrected chi connectivity index (χ1v) is 8.30. The van der Waals surface area contributed by atoms with Crippen molar-refractivity contribution >= 4 is 11.3 Å². The highest BCUT2D eigenvalue weighted by Crippen LogP contribution is 2.38. The van der Waals surface area contributed by atoms with Crippen molar-refractivity contribution in [2.75, 3.05) is 6.54 Å². The minimum Gasteiger partial charge on any atom is -0.309 e. The van der Waals surface area contributed by atoms with Crippen LogP contribution >= 0.6 is 11.3 Å². The van der Waals surface area contributed by atoms with Gasteiger partial charge in [-0.15, -0.1) is 11.3 Å². The van der Waals surface area contributed by atoms with Crippen LogP contribution in [0, 0.1) is 0 Å². The molecule has 2 aromatic rings. The Morgan fingerprint density at radius 2 is 2.30 bits per heavy atom. The summed E-state index contributed by atoms with van der Waals surface area (Å²) in [6.45, 7) is 5.35. The number of aromatic nitrogens is 3. The van der Waals surface area contributed by atoms with Crippen molar-refractivity contribution in [3.63, 3.8) is 0 Å². The molecule has 0 aromatic carbocycles. The minimum absolute atomic E-state index is 0.497. The third kappa shape index (κ3) is 2.40. The molecule has 108 valence electrons. The number of rotatable bonds is 4. The first kappa shape index (κ1) is 13.8. The Kier molecular flexibility index (Phi) is 3.89. The first-order chi connectivity index (χ1) is 9.72. The molecular formula is C15H22N4S. The number of thiazole rings is 1. The van der Waals surface area contributed by atoms with Gasteiger partial charge in [0.25, 0.3) is 0 Å². The molecule has 1 aliphatic rings. The molecule has 0 amide bonds. The molecule has 0 bridgehead atoms. The van der Waals surface area contributed by atoms with Gasteiger partial charge in [-0.2, -0.15) is 5.10 Å². The molecular weight excluding hydrogens is 268 g/mol. The highest BCUT2D eigenvalue weighted by molar-refractivity contribution is 7.15. The van der Waals surface area contributed by atoms with E-state index in [0.29, 0.717) is 6.04 Å². The van der Waals surface area contributed by atoms with Gasteiger partial charge in [-0.05, 0) is 32.2 Å². The van der Waals surface area contributed by atoms with E-state index in [1.807, 2.05) is 23.1 Å². The van der Waals surface area contributed by atoms with E-state index in [-0.39, 0.29) is 0 Å². The molecule has 4 nitrogen and oxygen atoms in total. The Morgan fingerprint density at radius 1 is 1.45 bits per heavy atom. The van der Waals surface area contributed by atoms with Crippen LogP contribution in [0.15, 0.2) is 6.20 Å². The van der Waals surface area contributed by atoms with Crippen LogP contribution in [-0.2, 0) is 19.9 Å². The standard InChI is InChI=1S/C15H22N4S/c1-4-11-10(9-19(3)18-11)15-17-13-8-6-7-12(16-5-2)14(13)20-15/h9,12,16H,4-8H2,1-3H3. The zero-order valence-electron chi connectivity index (χ0n) is 12.4. The van der Waals surface area contributed by atoms with E-state index in [4.69, 9.17) is 4.98 Å². The van der Waals surface area contributed by atoms with Crippen LogP contribution in [0.1, 0.15) is 49.0 Å². The van der Waals surface area contributed by atoms with Gasteiger partial charge in [0.05, 0.1) is 17.0 Å². The lowest BCUT2D eigenvalue weighted by Gasteiger charge is -2.21. The van der Waals surface area contributed by atoms with Gasteiger partial charge < -0.3 is 5.32 Å². The summed E-state index contributed by atoms with van der Waals surface area (Å²) in [5.74, 6) is 0. The summed E-state index contributed by atoms with van der Waals surface area (Å²) in [5, 5.41) is 9.27. The Morgan fingerprint density at radius 3 is 3.05 bits per heavy atom. The highest BCUT2D eigenvalue weighted by Gasteiger charge is 2.25. The van der Waals surface area contributed by atoms with Crippen LogP contribution in [0.4, 0.5) is 0 Å². The van der Waals surface area contributed by atoms with Crippen molar-refractivity contribution < 1.29 is 0 Å². The highest BCUT2D eigenvalue weighted by atomic mass is 32.1. The second-order valence-electron chi connectivity index (χ2n) is 5.35. The quantitative estimate of drug-likeness (QED) is 0.941. The summed E-state index contributed by atoms with van der Waals surface area (Å²) in [6, 6.07) is 0.497. The molecule has 2 heterocycles. The van der Waals surface area contributed by atoms with Crippen molar-refractivity contribution in [1.82, 2.24) is 20.1 Å². The molecule has 0 saturated heterocycles. The van der Waals surface area contributed by atoms with Crippen molar-refractivity contribution in [3.05, 3.63) is 22.5 Å². The predicted octanol–water partition coefficient (Wildman–Crippen LogP) is 3.09. The second-order valence-corrected chi connectivity index (χ2v) is 6.38. The fraction of sp³-hybridized carbons (Fsp3) is 0.600. The van der Waals surface area contributed by atoms with Gasteiger partial charge in [0.2, 0.25) is 0 Å². The first-order valence-electron chi connectivity index (χ1n) is 7.48. The number of fused-ring (bicyclic) bond motifs is 1. The Balaban J connectivity index is 2.00. The molecule has 1 aliphatic carbocycles. The van der Waals surface area contributed by atoms with Crippen LogP contribution in [-0.4, -0.2) is 21.3 Å². The van der Waals surface area contributed by atoms with Gasteiger partial charge in [0.15, 0.2) is 0 Å². The lowest BCUT2D eigenvalue weighted by atomic mass is 9.98. The maximum Gasteiger partial charge on any atom is 0.127 e. The van der Waals surface area contributed by atoms with Crippen LogP contribution < -0.4 is 5.32 Å². The molecule has 0 saturated carbocycles. The normalized spacial score (nSPS) is 18.2. The van der Waals surface area contributed by atoms with E-state index < -0.39 is 0 Å². The largest absolute Gasteiger partial charge is 0.309 e. The Hall–Kier alpha value is -1.20. The smallest absolute Gasteiger partial charge is 0.127 e. The Labute approximate surface area is 124 Å². The predicted molar refractivity (Wildman–Crippen MR) is 83.0 cm³/mol. The number of aryl methyl sites for hydroxylation is 3. The van der Waals surface area contributed by atoms with Crippen molar-refractivity contribution in [2.45, 2.75) is 45.6 Å². The fourth-order valence-electron chi connectivity index (χ4n) is 2.95. The molecule has 5 heteroatoms. The number of nitrogens with zero attached hydrogens (tertiary/aromatic N) is 3. The third-order valence-corrected chi connectivity index (χ3v) is 5.12. The number of nitrogens with one attached hydrogen (secondary N) is 1. The zero-order chi connectivity index (χ0) is 14.1. The molecule has 1 unspecified atom stereocenters. The monoisotopic (exact) mass is 290 g/mol. The molecule has 0 aliphatic heterocycles. The van der Waals surface area contributed by atoms with Crippen LogP contribution in [0.25, 0.3) is 10.6 Å². The number of hydrogen-bond donors (Lipinski definition) is 1. The molecule has 3 rings (SSSR count). The van der Waals surface area contributed by atoms with E-state index in [9.17, 15) is 0 Å². The molecule has 2 aromatic heterocycles. The maximum absolute atomic E-state index is 4.90. The summed E-state index contributed by atoms with van der Waals surface area (Å²) in [6.07, 6.45) is 6.65. The number of hydrogen-bond acceptors (Lipinski definition) is 4. The van der Waals surface area contributed by atoms with Gasteiger partial charge in [-0.25, -0.2) is 4.98 Å². The minimum atomic E-state index is 0.497. The molecule has 1 N–H and O–H groups in total. The summed E-state index contributed by atoms with van der Waals surface area (Å²) in [4.78, 5) is 6.34. The van der Waals surface area contributed by atoms with E-state index in [1.54, 1.807) is 0 Å². The van der Waals surface area contributed by atoms with Gasteiger partial charge in [-0.1, -0.05) is 13.8 Å². The summed E-state index contributed by atoms with van der Waals surface area (Å²) in [5.41, 5.74) is 3.66. The van der Waals surface area contributed by atoms with E-state index >= 15 is 0 Å². The SMILES string of the molecule is CCNC1CCCc2nc(-c3cn(C)nc3CC)sc21. The third-order valence-electron chi connectivity index (χ3n) is 3.87. The topological polar surface area (TPSA) is 42.7 Å². The Bertz CT molecular complexity index is 599. The van der Waals surface area contributed by atoms with Crippen LogP contribution in [0.2, 0.25) is 0 Å². The van der Waals surface area contributed by atoms with Crippen molar-refractivity contribution in [1.29, 1.82) is 0 Å². The maximum atomic E-state index is 4.90. The van der Waals surface area contributed by atoms with Crippen molar-refractivity contribution in [3.8, 4) is 10.6 Å². The van der Waals surface area contributed by atoms with E-state index in [0.717, 1.165) is 30.1 Å². The van der Waals surface area contributed by atoms with E-state index in [1.165, 1.54) is 29.0 Å². The van der Waals surface area contributed by atoms with Crippen molar-refractivity contribution in [2.24, 2.45) is 7.05 Å². The lowest BCUT2D eigenvalue weighted by Crippen LogP contribution is -2.23. The molecule has 0 radical (unpaired) electrons. The summed E-state index contributed by atoms with van der Waals surface area (Å²) < 4.78 is 1.90. The van der Waals surface area contributed by atoms with Gasteiger partial charge in [0, 0.05) is 24.2 Å². The zero-order valence-corrected chi connectivity index (χ0v) is 13.3. The second kappa shape index (κ2) is 5.66. The average molecular weight is 290 g/mol. The van der Waals surface area contributed by atoms with Crippen LogP contribution in [0.3, 0.4) is 0 Å². The molecule has 20 heavy (non-hydrogen) atoms. The summed E-state index contributed by atoms with van der Waals surface area (Å²) >= 11 is 1.85. The fourth-order valence-corrected chi connectivity index (χ4v) is 4.20. The molecule has 0 spiro atoms. The molecule has 1 atom stereocenters. The van der Waals surface area contributed by atoms with Gasteiger partial charge in [-0.3, -0.25) is 4.68 Å². The van der Waals surface area contributed by atoms with E-state index in [2.05, 4.69) is 30.5 Å².